The standard InChI is InChI=1S/C22H28ClN3O3/c1-16(25(2)15-17-14-18(23)4-9-21(17)28-3)22(27)24-19-5-7-20(8-6-19)26-10-12-29-13-11-26/h4-9,14,16H,10-13,15H2,1-3H3,(H,24,27)/p+1/t16-/m1/s1. The van der Waals surface area contributed by atoms with Crippen molar-refractivity contribution in [3.05, 3.63) is 53.1 Å². The van der Waals surface area contributed by atoms with Gasteiger partial charge in [-0.25, -0.2) is 0 Å². The van der Waals surface area contributed by atoms with E-state index in [-0.39, 0.29) is 11.9 Å². The summed E-state index contributed by atoms with van der Waals surface area (Å²) < 4.78 is 10.8. The molecule has 29 heavy (non-hydrogen) atoms. The van der Waals surface area contributed by atoms with Gasteiger partial charge >= 0.3 is 0 Å². The Kier molecular flexibility index (Phi) is 7.36. The lowest BCUT2D eigenvalue weighted by atomic mass is 10.1. The van der Waals surface area contributed by atoms with Crippen molar-refractivity contribution in [3.8, 4) is 5.75 Å². The SMILES string of the molecule is COc1ccc(Cl)cc1C[NH+](C)[C@H](C)C(=O)Nc1ccc(N2CCOCC2)cc1. The molecular formula is C22H29ClN3O3+. The van der Waals surface area contributed by atoms with E-state index in [9.17, 15) is 4.79 Å². The maximum atomic E-state index is 12.7. The minimum Gasteiger partial charge on any atom is -0.496 e. The molecule has 0 bridgehead atoms. The number of anilines is 2. The van der Waals surface area contributed by atoms with Crippen LogP contribution in [0, 0.1) is 0 Å². The summed E-state index contributed by atoms with van der Waals surface area (Å²) in [5, 5.41) is 3.68. The molecule has 1 unspecified atom stereocenters. The molecule has 1 saturated heterocycles. The van der Waals surface area contributed by atoms with Crippen LogP contribution in [0.25, 0.3) is 0 Å². The minimum atomic E-state index is -0.238. The molecule has 2 atom stereocenters. The van der Waals surface area contributed by atoms with Crippen molar-refractivity contribution >= 4 is 28.9 Å². The Morgan fingerprint density at radius 1 is 1.24 bits per heavy atom. The van der Waals surface area contributed by atoms with Gasteiger partial charge in [-0.05, 0) is 49.4 Å². The summed E-state index contributed by atoms with van der Waals surface area (Å²) in [6.07, 6.45) is 0. The monoisotopic (exact) mass is 418 g/mol. The number of carbonyl (C=O) groups is 1. The summed E-state index contributed by atoms with van der Waals surface area (Å²) in [5.74, 6) is 0.752. The highest BCUT2D eigenvalue weighted by atomic mass is 35.5. The fourth-order valence-corrected chi connectivity index (χ4v) is 3.58. The number of likely N-dealkylation sites (N-methyl/N-ethyl adjacent to an activating group) is 1. The number of morpholine rings is 1. The Hall–Kier alpha value is -2.28. The van der Waals surface area contributed by atoms with Crippen molar-refractivity contribution in [2.45, 2.75) is 19.5 Å². The molecule has 0 spiro atoms. The second kappa shape index (κ2) is 9.96. The van der Waals surface area contributed by atoms with Gasteiger partial charge in [-0.1, -0.05) is 11.6 Å². The normalized spacial score (nSPS) is 16.2. The van der Waals surface area contributed by atoms with E-state index < -0.39 is 0 Å². The van der Waals surface area contributed by atoms with Crippen LogP contribution in [-0.2, 0) is 16.1 Å². The van der Waals surface area contributed by atoms with E-state index in [4.69, 9.17) is 21.1 Å². The Balaban J connectivity index is 1.59. The van der Waals surface area contributed by atoms with E-state index in [1.54, 1.807) is 13.2 Å². The number of hydrogen-bond acceptors (Lipinski definition) is 4. The average molecular weight is 419 g/mol. The fraction of sp³-hybridized carbons (Fsp3) is 0.409. The predicted octanol–water partition coefficient (Wildman–Crippen LogP) is 2.23. The highest BCUT2D eigenvalue weighted by Gasteiger charge is 2.23. The summed E-state index contributed by atoms with van der Waals surface area (Å²) in [6.45, 7) is 5.84. The molecule has 7 heteroatoms. The quantitative estimate of drug-likeness (QED) is 0.724. The molecule has 1 aliphatic heterocycles. The van der Waals surface area contributed by atoms with Crippen LogP contribution in [0.4, 0.5) is 11.4 Å². The van der Waals surface area contributed by atoms with Gasteiger partial charge in [0.15, 0.2) is 6.04 Å². The first-order chi connectivity index (χ1) is 14.0. The van der Waals surface area contributed by atoms with Crippen molar-refractivity contribution < 1.29 is 19.2 Å². The summed E-state index contributed by atoms with van der Waals surface area (Å²) in [7, 11) is 3.63. The van der Waals surface area contributed by atoms with Gasteiger partial charge in [-0.3, -0.25) is 4.79 Å². The number of quaternary nitrogens is 1. The van der Waals surface area contributed by atoms with Gasteiger partial charge in [0.05, 0.1) is 27.4 Å². The highest BCUT2D eigenvalue weighted by Crippen LogP contribution is 2.22. The first kappa shape index (κ1) is 21.4. The first-order valence-electron chi connectivity index (χ1n) is 9.86. The van der Waals surface area contributed by atoms with Crippen LogP contribution < -0.4 is 19.9 Å². The van der Waals surface area contributed by atoms with Crippen LogP contribution in [0.5, 0.6) is 5.75 Å². The Bertz CT molecular complexity index is 823. The fourth-order valence-electron chi connectivity index (χ4n) is 3.39. The Morgan fingerprint density at radius 3 is 2.59 bits per heavy atom. The largest absolute Gasteiger partial charge is 0.496 e. The number of carbonyl (C=O) groups excluding carboxylic acids is 1. The molecule has 2 aromatic rings. The summed E-state index contributed by atoms with van der Waals surface area (Å²) in [5.41, 5.74) is 2.93. The maximum absolute atomic E-state index is 12.7. The van der Waals surface area contributed by atoms with Crippen molar-refractivity contribution in [2.75, 3.05) is 50.7 Å². The van der Waals surface area contributed by atoms with Gasteiger partial charge in [0.25, 0.3) is 5.91 Å². The molecule has 1 amide bonds. The van der Waals surface area contributed by atoms with Crippen molar-refractivity contribution in [1.82, 2.24) is 0 Å². The van der Waals surface area contributed by atoms with Crippen LogP contribution in [0.3, 0.4) is 0 Å². The van der Waals surface area contributed by atoms with Gasteiger partial charge in [0, 0.05) is 35.1 Å². The van der Waals surface area contributed by atoms with Crippen molar-refractivity contribution in [1.29, 1.82) is 0 Å². The third-order valence-electron chi connectivity index (χ3n) is 5.36. The first-order valence-corrected chi connectivity index (χ1v) is 10.2. The third-order valence-corrected chi connectivity index (χ3v) is 5.59. The topological polar surface area (TPSA) is 55.2 Å². The van der Waals surface area contributed by atoms with Gasteiger partial charge < -0.3 is 24.6 Å². The molecule has 3 rings (SSSR count). The second-order valence-electron chi connectivity index (χ2n) is 7.34. The van der Waals surface area contributed by atoms with E-state index in [1.165, 1.54) is 0 Å². The summed E-state index contributed by atoms with van der Waals surface area (Å²) in [4.78, 5) is 16.1. The molecule has 0 radical (unpaired) electrons. The molecule has 0 aromatic heterocycles. The van der Waals surface area contributed by atoms with Gasteiger partial charge in [-0.2, -0.15) is 0 Å². The lowest BCUT2D eigenvalue weighted by Crippen LogP contribution is -3.12. The lowest BCUT2D eigenvalue weighted by Gasteiger charge is -2.29. The van der Waals surface area contributed by atoms with Crippen LogP contribution >= 0.6 is 11.6 Å². The predicted molar refractivity (Wildman–Crippen MR) is 116 cm³/mol. The molecule has 2 N–H and O–H groups in total. The number of amides is 1. The number of ether oxygens (including phenoxy) is 2. The van der Waals surface area contributed by atoms with Crippen molar-refractivity contribution in [3.63, 3.8) is 0 Å². The van der Waals surface area contributed by atoms with Crippen LogP contribution in [0.1, 0.15) is 12.5 Å². The molecule has 1 heterocycles. The number of rotatable bonds is 7. The number of nitrogens with zero attached hydrogens (tertiary/aromatic N) is 1. The highest BCUT2D eigenvalue weighted by molar-refractivity contribution is 6.30. The van der Waals surface area contributed by atoms with Gasteiger partial charge in [-0.15, -0.1) is 0 Å². The summed E-state index contributed by atoms with van der Waals surface area (Å²) in [6, 6.07) is 13.3. The van der Waals surface area contributed by atoms with Gasteiger partial charge in [0.2, 0.25) is 0 Å². The van der Waals surface area contributed by atoms with E-state index in [0.717, 1.165) is 53.9 Å². The molecular weight excluding hydrogens is 390 g/mol. The summed E-state index contributed by atoms with van der Waals surface area (Å²) >= 11 is 6.12. The molecule has 6 nitrogen and oxygen atoms in total. The number of hydrogen-bond donors (Lipinski definition) is 2. The third kappa shape index (κ3) is 5.63. The van der Waals surface area contributed by atoms with E-state index in [1.807, 2.05) is 50.4 Å². The average Bonchev–Trinajstić information content (AvgIpc) is 2.74. The number of nitrogens with one attached hydrogen (secondary N) is 2. The van der Waals surface area contributed by atoms with Crippen molar-refractivity contribution in [2.24, 2.45) is 0 Å². The zero-order valence-electron chi connectivity index (χ0n) is 17.2. The molecule has 1 aliphatic rings. The van der Waals surface area contributed by atoms with Crippen LogP contribution in [-0.4, -0.2) is 52.4 Å². The lowest BCUT2D eigenvalue weighted by molar-refractivity contribution is -0.907. The maximum Gasteiger partial charge on any atom is 0.282 e. The van der Waals surface area contributed by atoms with E-state index in [0.29, 0.717) is 11.6 Å². The Morgan fingerprint density at radius 2 is 1.93 bits per heavy atom. The zero-order valence-corrected chi connectivity index (χ0v) is 18.0. The van der Waals surface area contributed by atoms with Crippen LogP contribution in [0.15, 0.2) is 42.5 Å². The molecule has 1 fully saturated rings. The molecule has 0 saturated carbocycles. The molecule has 0 aliphatic carbocycles. The van der Waals surface area contributed by atoms with E-state index >= 15 is 0 Å². The zero-order chi connectivity index (χ0) is 20.8. The van der Waals surface area contributed by atoms with E-state index in [2.05, 4.69) is 10.2 Å². The molecule has 156 valence electrons. The number of benzene rings is 2. The number of halogens is 1. The number of methoxy groups -OCH3 is 1. The Labute approximate surface area is 177 Å². The minimum absolute atomic E-state index is 0.0254. The smallest absolute Gasteiger partial charge is 0.282 e. The molecule has 2 aromatic carbocycles. The van der Waals surface area contributed by atoms with Gasteiger partial charge in [0.1, 0.15) is 12.3 Å². The second-order valence-corrected chi connectivity index (χ2v) is 7.77. The van der Waals surface area contributed by atoms with Crippen LogP contribution in [0.2, 0.25) is 5.02 Å².